The molecule has 1 atom stereocenters. The number of nitrogens with zero attached hydrogens (tertiary/aromatic N) is 1. The summed E-state index contributed by atoms with van der Waals surface area (Å²) < 4.78 is 6.43. The van der Waals surface area contributed by atoms with Gasteiger partial charge in [-0.1, -0.05) is 15.9 Å². The van der Waals surface area contributed by atoms with Gasteiger partial charge in [0.2, 0.25) is 12.0 Å². The highest BCUT2D eigenvalue weighted by atomic mass is 79.9. The summed E-state index contributed by atoms with van der Waals surface area (Å²) in [6, 6.07) is 7.50. The van der Waals surface area contributed by atoms with E-state index in [0.717, 1.165) is 22.9 Å². The molecule has 1 aliphatic heterocycles. The molecule has 1 unspecified atom stereocenters. The number of carboxylic acids is 1. The maximum atomic E-state index is 11.1. The van der Waals surface area contributed by atoms with Crippen LogP contribution >= 0.6 is 15.9 Å². The lowest BCUT2D eigenvalue weighted by atomic mass is 10.1. The van der Waals surface area contributed by atoms with Gasteiger partial charge in [-0.15, -0.1) is 0 Å². The van der Waals surface area contributed by atoms with Crippen LogP contribution in [-0.4, -0.2) is 28.6 Å². The molecule has 0 bridgehead atoms. The fourth-order valence-corrected chi connectivity index (χ4v) is 2.28. The van der Waals surface area contributed by atoms with Crippen molar-refractivity contribution in [2.24, 2.45) is 4.99 Å². The molecule has 1 aromatic carbocycles. The molecule has 3 rings (SSSR count). The lowest BCUT2D eigenvalue weighted by Gasteiger charge is -2.10. The van der Waals surface area contributed by atoms with Crippen molar-refractivity contribution < 1.29 is 14.6 Å². The SMILES string of the molecule is O=C(O)C1OC(c2ccc(Br)cc2)=NC12CC2. The highest BCUT2D eigenvalue weighted by molar-refractivity contribution is 9.10. The van der Waals surface area contributed by atoms with E-state index >= 15 is 0 Å². The molecular formula is C12H10BrNO3. The first kappa shape index (κ1) is 10.8. The Labute approximate surface area is 106 Å². The number of carbonyl (C=O) groups is 1. The molecule has 0 amide bonds. The molecule has 1 aliphatic carbocycles. The molecule has 5 heteroatoms. The molecule has 1 N–H and O–H groups in total. The van der Waals surface area contributed by atoms with Gasteiger partial charge in [0, 0.05) is 10.0 Å². The van der Waals surface area contributed by atoms with Crippen LogP contribution in [0.2, 0.25) is 0 Å². The third-order valence-electron chi connectivity index (χ3n) is 3.12. The van der Waals surface area contributed by atoms with Crippen molar-refractivity contribution in [3.05, 3.63) is 34.3 Å². The Bertz CT molecular complexity index is 505. The Balaban J connectivity index is 1.91. The van der Waals surface area contributed by atoms with Crippen LogP contribution < -0.4 is 0 Å². The number of aliphatic imine (C=N–C) groups is 1. The highest BCUT2D eigenvalue weighted by Gasteiger charge is 2.59. The number of carboxylic acid groups (broad SMARTS) is 1. The zero-order chi connectivity index (χ0) is 12.0. The summed E-state index contributed by atoms with van der Waals surface area (Å²) in [6.45, 7) is 0. The van der Waals surface area contributed by atoms with Crippen LogP contribution in [0.3, 0.4) is 0 Å². The van der Waals surface area contributed by atoms with Gasteiger partial charge in [-0.3, -0.25) is 0 Å². The summed E-state index contributed by atoms with van der Waals surface area (Å²) >= 11 is 3.35. The van der Waals surface area contributed by atoms with Crippen molar-refractivity contribution in [3.8, 4) is 0 Å². The Morgan fingerprint density at radius 3 is 2.53 bits per heavy atom. The first-order valence-corrected chi connectivity index (χ1v) is 6.15. The Morgan fingerprint density at radius 1 is 1.41 bits per heavy atom. The molecule has 0 aromatic heterocycles. The summed E-state index contributed by atoms with van der Waals surface area (Å²) in [5, 5.41) is 9.09. The fraction of sp³-hybridized carbons (Fsp3) is 0.333. The smallest absolute Gasteiger partial charge is 0.347 e. The minimum atomic E-state index is -0.932. The fourth-order valence-electron chi connectivity index (χ4n) is 2.02. The number of benzene rings is 1. The Kier molecular flexibility index (Phi) is 2.26. The standard InChI is InChI=1S/C12H10BrNO3/c13-8-3-1-7(2-4-8)10-14-12(5-6-12)9(17-10)11(15)16/h1-4,9H,5-6H2,(H,15,16). The number of aliphatic carboxylic acids is 1. The van der Waals surface area contributed by atoms with Crippen molar-refractivity contribution in [1.82, 2.24) is 0 Å². The molecule has 1 fully saturated rings. The second kappa shape index (κ2) is 3.57. The van der Waals surface area contributed by atoms with E-state index in [1.165, 1.54) is 0 Å². The van der Waals surface area contributed by atoms with E-state index in [0.29, 0.717) is 5.90 Å². The van der Waals surface area contributed by atoms with Gasteiger partial charge in [0.15, 0.2) is 0 Å². The molecule has 88 valence electrons. The number of ether oxygens (including phenoxy) is 1. The van der Waals surface area contributed by atoms with Crippen LogP contribution in [0, 0.1) is 0 Å². The molecule has 1 aromatic rings. The van der Waals surface area contributed by atoms with Crippen molar-refractivity contribution >= 4 is 27.8 Å². The van der Waals surface area contributed by atoms with Gasteiger partial charge >= 0.3 is 5.97 Å². The quantitative estimate of drug-likeness (QED) is 0.910. The van der Waals surface area contributed by atoms with Crippen LogP contribution in [0.4, 0.5) is 0 Å². The predicted octanol–water partition coefficient (Wildman–Crippen LogP) is 2.21. The Hall–Kier alpha value is -1.36. The van der Waals surface area contributed by atoms with Gasteiger partial charge in [-0.25, -0.2) is 9.79 Å². The minimum Gasteiger partial charge on any atom is -0.478 e. The molecular weight excluding hydrogens is 286 g/mol. The third-order valence-corrected chi connectivity index (χ3v) is 3.65. The maximum Gasteiger partial charge on any atom is 0.347 e. The molecule has 2 aliphatic rings. The van der Waals surface area contributed by atoms with Gasteiger partial charge in [0.1, 0.15) is 5.54 Å². The van der Waals surface area contributed by atoms with Crippen molar-refractivity contribution in [3.63, 3.8) is 0 Å². The van der Waals surface area contributed by atoms with E-state index < -0.39 is 17.6 Å². The minimum absolute atomic E-state index is 0.447. The molecule has 1 heterocycles. The molecule has 1 saturated carbocycles. The third kappa shape index (κ3) is 1.74. The summed E-state index contributed by atoms with van der Waals surface area (Å²) in [5.74, 6) is -0.485. The predicted molar refractivity (Wildman–Crippen MR) is 65.2 cm³/mol. The molecule has 1 spiro atoms. The molecule has 4 nitrogen and oxygen atoms in total. The van der Waals surface area contributed by atoms with E-state index in [2.05, 4.69) is 20.9 Å². The summed E-state index contributed by atoms with van der Waals surface area (Å²) in [6.07, 6.45) is 0.773. The molecule has 0 saturated heterocycles. The molecule has 17 heavy (non-hydrogen) atoms. The number of rotatable bonds is 2. The number of hydrogen-bond donors (Lipinski definition) is 1. The summed E-state index contributed by atoms with van der Waals surface area (Å²) in [7, 11) is 0. The van der Waals surface area contributed by atoms with Gasteiger partial charge in [-0.2, -0.15) is 0 Å². The monoisotopic (exact) mass is 295 g/mol. The van der Waals surface area contributed by atoms with Crippen molar-refractivity contribution in [1.29, 1.82) is 0 Å². The van der Waals surface area contributed by atoms with Gasteiger partial charge in [-0.05, 0) is 37.1 Å². The largest absolute Gasteiger partial charge is 0.478 e. The summed E-state index contributed by atoms with van der Waals surface area (Å²) in [4.78, 5) is 15.5. The second-order valence-corrected chi connectivity index (χ2v) is 5.28. The maximum absolute atomic E-state index is 11.1. The van der Waals surface area contributed by atoms with Crippen LogP contribution in [0.5, 0.6) is 0 Å². The summed E-state index contributed by atoms with van der Waals surface area (Å²) in [5.41, 5.74) is 0.331. The number of hydrogen-bond acceptors (Lipinski definition) is 3. The van der Waals surface area contributed by atoms with Crippen LogP contribution in [0.15, 0.2) is 33.7 Å². The lowest BCUT2D eigenvalue weighted by Crippen LogP contribution is -2.32. The van der Waals surface area contributed by atoms with E-state index in [-0.39, 0.29) is 0 Å². The van der Waals surface area contributed by atoms with E-state index in [1.54, 1.807) is 0 Å². The van der Waals surface area contributed by atoms with Gasteiger partial charge in [0.25, 0.3) is 0 Å². The normalized spacial score (nSPS) is 24.3. The highest BCUT2D eigenvalue weighted by Crippen LogP contribution is 2.48. The second-order valence-electron chi connectivity index (χ2n) is 4.36. The molecule has 0 radical (unpaired) electrons. The van der Waals surface area contributed by atoms with E-state index in [9.17, 15) is 4.79 Å². The zero-order valence-corrected chi connectivity index (χ0v) is 10.5. The van der Waals surface area contributed by atoms with Crippen LogP contribution in [0.25, 0.3) is 0 Å². The van der Waals surface area contributed by atoms with Gasteiger partial charge in [0.05, 0.1) is 0 Å². The average molecular weight is 296 g/mol. The first-order chi connectivity index (χ1) is 8.11. The topological polar surface area (TPSA) is 58.9 Å². The average Bonchev–Trinajstić information content (AvgIpc) is 2.93. The zero-order valence-electron chi connectivity index (χ0n) is 8.89. The Morgan fingerprint density at radius 2 is 2.06 bits per heavy atom. The van der Waals surface area contributed by atoms with Crippen LogP contribution in [-0.2, 0) is 9.53 Å². The van der Waals surface area contributed by atoms with Crippen molar-refractivity contribution in [2.75, 3.05) is 0 Å². The number of halogens is 1. The van der Waals surface area contributed by atoms with E-state index in [4.69, 9.17) is 9.84 Å². The van der Waals surface area contributed by atoms with Crippen molar-refractivity contribution in [2.45, 2.75) is 24.5 Å². The van der Waals surface area contributed by atoms with Crippen LogP contribution in [0.1, 0.15) is 18.4 Å². The first-order valence-electron chi connectivity index (χ1n) is 5.36. The lowest BCUT2D eigenvalue weighted by molar-refractivity contribution is -0.146. The van der Waals surface area contributed by atoms with Gasteiger partial charge < -0.3 is 9.84 Å². The van der Waals surface area contributed by atoms with E-state index in [1.807, 2.05) is 24.3 Å².